The van der Waals surface area contributed by atoms with Crippen LogP contribution in [0.15, 0.2) is 29.3 Å². The molecule has 0 aromatic carbocycles. The minimum atomic E-state index is 0.0897. The van der Waals surface area contributed by atoms with Gasteiger partial charge in [0.05, 0.1) is 0 Å². The van der Waals surface area contributed by atoms with E-state index in [1.165, 1.54) is 0 Å². The minimum Gasteiger partial charge on any atom is -0.327 e. The fraction of sp³-hybridized carbons (Fsp3) is 0.333. The van der Waals surface area contributed by atoms with Crippen LogP contribution in [0, 0.1) is 0 Å². The van der Waals surface area contributed by atoms with Crippen molar-refractivity contribution in [2.24, 2.45) is 4.99 Å². The van der Waals surface area contributed by atoms with E-state index in [0.717, 1.165) is 5.82 Å². The van der Waals surface area contributed by atoms with Crippen LogP contribution in [-0.4, -0.2) is 28.8 Å². The molecule has 0 spiro atoms. The highest BCUT2D eigenvalue weighted by molar-refractivity contribution is 7.81. The Kier molecular flexibility index (Phi) is 2.33. The van der Waals surface area contributed by atoms with Gasteiger partial charge < -0.3 is 5.32 Å². The SMILES string of the molecule is C=C1N=CC=C(N2CC(S)CC2=O)N1. The molecule has 5 heteroatoms. The van der Waals surface area contributed by atoms with Crippen molar-refractivity contribution in [3.63, 3.8) is 0 Å². The normalized spacial score (nSPS) is 26.5. The molecule has 2 heterocycles. The van der Waals surface area contributed by atoms with E-state index < -0.39 is 0 Å². The molecule has 0 bridgehead atoms. The molecule has 1 unspecified atom stereocenters. The molecule has 2 rings (SSSR count). The van der Waals surface area contributed by atoms with Gasteiger partial charge in [0, 0.05) is 24.4 Å². The van der Waals surface area contributed by atoms with Crippen LogP contribution < -0.4 is 5.32 Å². The largest absolute Gasteiger partial charge is 0.327 e. The first-order valence-corrected chi connectivity index (χ1v) is 4.87. The average Bonchev–Trinajstić information content (AvgIpc) is 2.45. The van der Waals surface area contributed by atoms with Crippen LogP contribution in [0.25, 0.3) is 0 Å². The maximum Gasteiger partial charge on any atom is 0.229 e. The number of thiol groups is 1. The minimum absolute atomic E-state index is 0.0897. The standard InChI is InChI=1S/C9H11N3OS/c1-6-10-3-2-8(11-6)12-5-7(14)4-9(12)13/h2-3,7,11,14H,1,4-5H2. The van der Waals surface area contributed by atoms with Crippen LogP contribution in [0.2, 0.25) is 0 Å². The molecule has 0 aromatic rings. The molecule has 0 saturated carbocycles. The zero-order chi connectivity index (χ0) is 10.1. The van der Waals surface area contributed by atoms with E-state index in [-0.39, 0.29) is 11.2 Å². The van der Waals surface area contributed by atoms with Crippen molar-refractivity contribution in [1.82, 2.24) is 10.2 Å². The molecule has 2 aliphatic heterocycles. The Labute approximate surface area is 87.8 Å². The number of hydrogen-bond donors (Lipinski definition) is 2. The van der Waals surface area contributed by atoms with Crippen LogP contribution >= 0.6 is 12.6 Å². The predicted molar refractivity (Wildman–Crippen MR) is 58.0 cm³/mol. The Morgan fingerprint density at radius 2 is 2.50 bits per heavy atom. The van der Waals surface area contributed by atoms with E-state index in [4.69, 9.17) is 0 Å². The lowest BCUT2D eigenvalue weighted by Gasteiger charge is -2.22. The van der Waals surface area contributed by atoms with Gasteiger partial charge in [0.1, 0.15) is 11.6 Å². The molecule has 4 nitrogen and oxygen atoms in total. The summed E-state index contributed by atoms with van der Waals surface area (Å²) in [5.74, 6) is 1.39. The first kappa shape index (κ1) is 9.33. The Morgan fingerprint density at radius 3 is 3.07 bits per heavy atom. The van der Waals surface area contributed by atoms with Crippen LogP contribution in [0.3, 0.4) is 0 Å². The van der Waals surface area contributed by atoms with Crippen LogP contribution in [0.4, 0.5) is 0 Å². The Hall–Kier alpha value is -1.23. The molecule has 1 atom stereocenters. The number of aliphatic imine (C=N–C) groups is 1. The second-order valence-electron chi connectivity index (χ2n) is 3.26. The monoisotopic (exact) mass is 209 g/mol. The molecule has 1 fully saturated rings. The van der Waals surface area contributed by atoms with Gasteiger partial charge in [-0.25, -0.2) is 4.99 Å². The molecule has 2 aliphatic rings. The second kappa shape index (κ2) is 3.49. The number of rotatable bonds is 1. The van der Waals surface area contributed by atoms with E-state index in [0.29, 0.717) is 18.8 Å². The molecule has 1 amide bonds. The first-order chi connectivity index (χ1) is 6.66. The number of nitrogens with zero attached hydrogens (tertiary/aromatic N) is 2. The molecule has 74 valence electrons. The summed E-state index contributed by atoms with van der Waals surface area (Å²) in [6.07, 6.45) is 3.89. The van der Waals surface area contributed by atoms with Gasteiger partial charge in [-0.3, -0.25) is 9.69 Å². The third-order valence-electron chi connectivity index (χ3n) is 2.13. The molecule has 1 saturated heterocycles. The summed E-state index contributed by atoms with van der Waals surface area (Å²) < 4.78 is 0. The summed E-state index contributed by atoms with van der Waals surface area (Å²) in [4.78, 5) is 17.1. The third kappa shape index (κ3) is 1.68. The molecule has 14 heavy (non-hydrogen) atoms. The molecular formula is C9H11N3OS. The lowest BCUT2D eigenvalue weighted by Crippen LogP contribution is -2.33. The van der Waals surface area contributed by atoms with Crippen molar-refractivity contribution in [2.75, 3.05) is 6.54 Å². The van der Waals surface area contributed by atoms with E-state index in [2.05, 4.69) is 29.5 Å². The van der Waals surface area contributed by atoms with Gasteiger partial charge in [-0.15, -0.1) is 0 Å². The van der Waals surface area contributed by atoms with E-state index in [1.807, 2.05) is 0 Å². The summed E-state index contributed by atoms with van der Waals surface area (Å²) in [7, 11) is 0. The summed E-state index contributed by atoms with van der Waals surface area (Å²) in [6, 6.07) is 0. The Bertz CT molecular complexity index is 348. The van der Waals surface area contributed by atoms with Crippen LogP contribution in [0.1, 0.15) is 6.42 Å². The summed E-state index contributed by atoms with van der Waals surface area (Å²) in [6.45, 7) is 4.31. The highest BCUT2D eigenvalue weighted by Crippen LogP contribution is 2.20. The van der Waals surface area contributed by atoms with Crippen LogP contribution in [-0.2, 0) is 4.79 Å². The predicted octanol–water partition coefficient (Wildman–Crippen LogP) is 0.504. The highest BCUT2D eigenvalue weighted by Gasteiger charge is 2.30. The second-order valence-corrected chi connectivity index (χ2v) is 3.99. The maximum atomic E-state index is 11.5. The Morgan fingerprint density at radius 1 is 1.71 bits per heavy atom. The van der Waals surface area contributed by atoms with E-state index in [1.54, 1.807) is 17.2 Å². The van der Waals surface area contributed by atoms with Crippen molar-refractivity contribution < 1.29 is 4.79 Å². The maximum absolute atomic E-state index is 11.5. The number of nitrogens with one attached hydrogen (secondary N) is 1. The average molecular weight is 209 g/mol. The number of likely N-dealkylation sites (tertiary alicyclic amines) is 1. The van der Waals surface area contributed by atoms with Gasteiger partial charge in [0.25, 0.3) is 0 Å². The fourth-order valence-corrected chi connectivity index (χ4v) is 1.82. The summed E-state index contributed by atoms with van der Waals surface area (Å²) in [5.41, 5.74) is 0. The van der Waals surface area contributed by atoms with Crippen LogP contribution in [0.5, 0.6) is 0 Å². The number of carbonyl (C=O) groups excluding carboxylic acids is 1. The summed E-state index contributed by atoms with van der Waals surface area (Å²) in [5, 5.41) is 3.07. The molecule has 0 aliphatic carbocycles. The quantitative estimate of drug-likeness (QED) is 0.618. The van der Waals surface area contributed by atoms with Gasteiger partial charge >= 0.3 is 0 Å². The zero-order valence-electron chi connectivity index (χ0n) is 7.60. The van der Waals surface area contributed by atoms with E-state index in [9.17, 15) is 4.79 Å². The number of allylic oxidation sites excluding steroid dienone is 1. The van der Waals surface area contributed by atoms with Gasteiger partial charge in [-0.1, -0.05) is 6.58 Å². The summed E-state index contributed by atoms with van der Waals surface area (Å²) >= 11 is 4.28. The smallest absolute Gasteiger partial charge is 0.229 e. The molecule has 1 N–H and O–H groups in total. The number of hydrogen-bond acceptors (Lipinski definition) is 4. The van der Waals surface area contributed by atoms with Gasteiger partial charge in [-0.05, 0) is 6.08 Å². The fourth-order valence-electron chi connectivity index (χ4n) is 1.50. The first-order valence-electron chi connectivity index (χ1n) is 4.35. The van der Waals surface area contributed by atoms with Crippen molar-refractivity contribution in [3.8, 4) is 0 Å². The lowest BCUT2D eigenvalue weighted by atomic mass is 10.4. The topological polar surface area (TPSA) is 44.7 Å². The zero-order valence-corrected chi connectivity index (χ0v) is 8.50. The Balaban J connectivity index is 2.16. The molecule has 0 radical (unpaired) electrons. The third-order valence-corrected chi connectivity index (χ3v) is 2.48. The van der Waals surface area contributed by atoms with E-state index >= 15 is 0 Å². The number of amides is 1. The molecular weight excluding hydrogens is 198 g/mol. The number of carbonyl (C=O) groups is 1. The molecule has 0 aromatic heterocycles. The van der Waals surface area contributed by atoms with Crippen molar-refractivity contribution in [3.05, 3.63) is 24.3 Å². The van der Waals surface area contributed by atoms with Gasteiger partial charge in [-0.2, -0.15) is 12.6 Å². The van der Waals surface area contributed by atoms with Gasteiger partial charge in [0.2, 0.25) is 5.91 Å². The van der Waals surface area contributed by atoms with Crippen molar-refractivity contribution in [1.29, 1.82) is 0 Å². The van der Waals surface area contributed by atoms with Crippen molar-refractivity contribution >= 4 is 24.8 Å². The van der Waals surface area contributed by atoms with Gasteiger partial charge in [0.15, 0.2) is 0 Å². The highest BCUT2D eigenvalue weighted by atomic mass is 32.1. The lowest BCUT2D eigenvalue weighted by molar-refractivity contribution is -0.126. The van der Waals surface area contributed by atoms with Crippen molar-refractivity contribution in [2.45, 2.75) is 11.7 Å².